The van der Waals surface area contributed by atoms with Gasteiger partial charge in [-0.05, 0) is 255 Å². The quantitative estimate of drug-likeness (QED) is 0.0323. The number of sulfonamides is 2. The van der Waals surface area contributed by atoms with E-state index in [1.165, 1.54) is 9.80 Å². The first-order chi connectivity index (χ1) is 62.8. The summed E-state index contributed by atoms with van der Waals surface area (Å²) >= 11 is 0. The molecule has 34 heteroatoms. The predicted molar refractivity (Wildman–Crippen MR) is 487 cm³/mol. The second-order valence-electron chi connectivity index (χ2n) is 40.2. The van der Waals surface area contributed by atoms with Crippen LogP contribution in [-0.4, -0.2) is 176 Å². The minimum absolute atomic E-state index is 0.000298. The van der Waals surface area contributed by atoms with Crippen molar-refractivity contribution in [3.8, 4) is 68.0 Å². The van der Waals surface area contributed by atoms with Gasteiger partial charge >= 0.3 is 24.3 Å². The molecule has 0 bridgehead atoms. The van der Waals surface area contributed by atoms with E-state index in [4.69, 9.17) is 38.4 Å². The van der Waals surface area contributed by atoms with Crippen LogP contribution in [0.2, 0.25) is 0 Å². The molecule has 2 saturated heterocycles. The number of aromatic nitrogens is 4. The van der Waals surface area contributed by atoms with Crippen LogP contribution in [0.4, 0.5) is 26.3 Å². The number of carbonyl (C=O) groups excluding carboxylic acids is 8. The number of ether oxygens (including phenoxy) is 6. The standard InChI is InChI=1S/2C50H61F3N4O9S/c2*1-30(2)64-36-16-14-33(15-17-36)40-22-37(23-41(55-40)34-12-10-20-54-28-34)65-38-24-42-43(58)27-49(46(61)56-67(62,63)48(7)18-19-48)26-35(49)13-9-8-11-31(3)21-32(4)39(45(60)57(42)29-38)25-44(59)66-47(5,6)50(51,52)53/h2*9-10,12-17,20,22-23,28,30-32,35,38-39,42H,8,11,18-19,21,24-27,29H2,1-7H3,(H,56,61)/b2*13-9-/t31-,32+,35+,38+,39-,42-,49+;31-,32-,35-,38-,39+,42+,49-/m01/s1. The smallest absolute Gasteiger partial charge is 0.427 e. The number of ketones is 2. The summed E-state index contributed by atoms with van der Waals surface area (Å²) < 4.78 is 174. The Labute approximate surface area is 779 Å². The summed E-state index contributed by atoms with van der Waals surface area (Å²) in [4.78, 5) is 136. The third-order valence-corrected chi connectivity index (χ3v) is 31.9. The number of benzene rings is 2. The SMILES string of the molecule is CC(C)Oc1ccc(-c2cc(O[C@@H]3C[C@H]4C(=O)C[C@]5(C(=O)NS(=O)(=O)C6(C)CC6)C[C@H]5/C=C\CC[C@@H](C)C[C@@H](C)[C@H](CC(=O)OC(C)(C)C(F)(F)F)C(=O)N4C3)cc(-c3cccnc3)n2)cc1.CC(C)Oc1ccc(-c2cc(O[C@@H]3C[C@H]4C(=O)C[C@]5(C(=O)NS(=O)(=O)C6(C)CC6)C[C@H]5/C=C\CC[C@H](C)C[C@@H](C)[C@H](CC(=O)OC(C)(C)C(F)(F)F)C(=O)N4C3)cc(-c3cccnc3)n2)cc1. The van der Waals surface area contributed by atoms with Crippen molar-refractivity contribution in [1.29, 1.82) is 0 Å². The van der Waals surface area contributed by atoms with E-state index >= 15 is 9.59 Å². The van der Waals surface area contributed by atoms with E-state index in [2.05, 4.69) is 19.4 Å². The second kappa shape index (κ2) is 39.6. The lowest BCUT2D eigenvalue weighted by molar-refractivity contribution is -0.257. The first kappa shape index (κ1) is 101. The molecule has 0 spiro atoms. The van der Waals surface area contributed by atoms with Crippen LogP contribution < -0.4 is 28.4 Å². The van der Waals surface area contributed by atoms with Crippen LogP contribution in [0, 0.1) is 58.2 Å². The Kier molecular flexibility index (Phi) is 29.8. The Morgan fingerprint density at radius 3 is 1.15 bits per heavy atom. The number of alkyl halides is 6. The number of carbonyl (C=O) groups is 8. The zero-order valence-electron chi connectivity index (χ0n) is 78.2. The van der Waals surface area contributed by atoms with E-state index in [1.807, 2.05) is 127 Å². The average Bonchev–Trinajstić information content (AvgIpc) is 1.57. The zero-order valence-corrected chi connectivity index (χ0v) is 79.8. The van der Waals surface area contributed by atoms with E-state index in [0.717, 1.165) is 38.8 Å². The maximum Gasteiger partial charge on any atom is 0.427 e. The number of hydrogen-bond donors (Lipinski definition) is 2. The molecule has 4 aliphatic heterocycles. The third-order valence-electron chi connectivity index (χ3n) is 27.6. The van der Waals surface area contributed by atoms with Crippen molar-refractivity contribution in [2.75, 3.05) is 13.1 Å². The maximum atomic E-state index is 15.1. The van der Waals surface area contributed by atoms with E-state index in [1.54, 1.807) is 88.9 Å². The number of rotatable bonds is 24. The molecule has 6 aromatic rings. The first-order valence-electron chi connectivity index (χ1n) is 46.2. The monoisotopic (exact) mass is 1900 g/mol. The van der Waals surface area contributed by atoms with Gasteiger partial charge in [-0.2, -0.15) is 26.3 Å². The molecule has 4 aliphatic carbocycles. The summed E-state index contributed by atoms with van der Waals surface area (Å²) in [5.41, 5.74) is -3.43. The molecule has 0 unspecified atom stereocenters. The first-order valence-corrected chi connectivity index (χ1v) is 49.2. The summed E-state index contributed by atoms with van der Waals surface area (Å²) in [6, 6.07) is 26.6. The molecule has 2 aromatic carbocycles. The molecule has 6 fully saturated rings. The van der Waals surface area contributed by atoms with Crippen LogP contribution in [-0.2, 0) is 67.9 Å². The number of nitrogens with one attached hydrogen (secondary N) is 2. The molecule has 26 nitrogen and oxygen atoms in total. The molecular formula is C100H122F6N8O18S2. The predicted octanol–water partition coefficient (Wildman–Crippen LogP) is 17.6. The van der Waals surface area contributed by atoms with Crippen LogP contribution in [0.5, 0.6) is 23.0 Å². The van der Waals surface area contributed by atoms with Crippen molar-refractivity contribution in [1.82, 2.24) is 39.2 Å². The number of amides is 4. The van der Waals surface area contributed by atoms with Crippen molar-refractivity contribution in [3.05, 3.63) is 146 Å². The van der Waals surface area contributed by atoms with Crippen molar-refractivity contribution < 1.29 is 110 Å². The number of fused-ring (bicyclic) bond motifs is 4. The number of pyridine rings is 4. The molecule has 4 saturated carbocycles. The molecule has 2 N–H and O–H groups in total. The van der Waals surface area contributed by atoms with E-state index in [-0.39, 0.29) is 75.7 Å². The lowest BCUT2D eigenvalue weighted by atomic mass is 9.82. The normalized spacial score (nSPS) is 27.2. The lowest BCUT2D eigenvalue weighted by Crippen LogP contribution is -2.48. The van der Waals surface area contributed by atoms with Gasteiger partial charge in [0.05, 0.1) is 105 Å². The highest BCUT2D eigenvalue weighted by molar-refractivity contribution is 7.92. The minimum Gasteiger partial charge on any atom is -0.491 e. The summed E-state index contributed by atoms with van der Waals surface area (Å²) in [7, 11) is -8.12. The Bertz CT molecular complexity index is 5300. The summed E-state index contributed by atoms with van der Waals surface area (Å²) in [5, 5.41) is 0. The van der Waals surface area contributed by atoms with Gasteiger partial charge in [0.15, 0.2) is 11.6 Å². The number of halogens is 6. The molecule has 8 heterocycles. The molecule has 14 atom stereocenters. The minimum atomic E-state index is -4.88. The Morgan fingerprint density at radius 2 is 0.836 bits per heavy atom. The topological polar surface area (TPSA) is 342 Å². The molecule has 724 valence electrons. The van der Waals surface area contributed by atoms with Crippen LogP contribution >= 0.6 is 0 Å². The number of nitrogens with zero attached hydrogens (tertiary/aromatic N) is 6. The fraction of sp³-hybridized carbons (Fsp3) is 0.560. The largest absolute Gasteiger partial charge is 0.491 e. The highest BCUT2D eigenvalue weighted by atomic mass is 32.2. The van der Waals surface area contributed by atoms with Gasteiger partial charge in [-0.3, -0.25) is 57.8 Å². The molecule has 4 aromatic heterocycles. The highest BCUT2D eigenvalue weighted by Crippen LogP contribution is 2.60. The molecule has 14 rings (SSSR count). The van der Waals surface area contributed by atoms with Crippen LogP contribution in [0.3, 0.4) is 0 Å². The summed E-state index contributed by atoms with van der Waals surface area (Å²) in [5.74, 6) is -8.51. The van der Waals surface area contributed by atoms with Gasteiger partial charge in [-0.15, -0.1) is 0 Å². The van der Waals surface area contributed by atoms with Gasteiger partial charge < -0.3 is 38.2 Å². The molecular weight excluding hydrogens is 1780 g/mol. The number of allylic oxidation sites excluding steroid dienone is 4. The van der Waals surface area contributed by atoms with E-state index in [0.29, 0.717) is 121 Å². The Balaban J connectivity index is 0.000000227. The van der Waals surface area contributed by atoms with Gasteiger partial charge in [0.25, 0.3) is 0 Å². The van der Waals surface area contributed by atoms with Crippen molar-refractivity contribution in [2.45, 2.75) is 282 Å². The second-order valence-corrected chi connectivity index (χ2v) is 44.6. The van der Waals surface area contributed by atoms with E-state index < -0.39 is 184 Å². The Morgan fingerprint density at radius 1 is 0.493 bits per heavy atom. The highest BCUT2D eigenvalue weighted by Gasteiger charge is 2.65. The molecule has 0 radical (unpaired) electrons. The molecule has 8 aliphatic rings. The van der Waals surface area contributed by atoms with Gasteiger partial charge in [0.2, 0.25) is 54.9 Å². The summed E-state index contributed by atoms with van der Waals surface area (Å²) in [6.45, 7) is 21.0. The number of esters is 2. The van der Waals surface area contributed by atoms with Gasteiger partial charge in [0, 0.05) is 97.0 Å². The van der Waals surface area contributed by atoms with Crippen molar-refractivity contribution in [2.24, 2.45) is 58.2 Å². The van der Waals surface area contributed by atoms with Crippen molar-refractivity contribution >= 4 is 67.2 Å². The van der Waals surface area contributed by atoms with Gasteiger partial charge in [-0.1, -0.05) is 52.0 Å². The summed E-state index contributed by atoms with van der Waals surface area (Å²) in [6.07, 6.45) is 5.81. The zero-order chi connectivity index (χ0) is 97.4. The average molecular weight is 1900 g/mol. The number of Topliss-reactive ketones (excluding diaryl/α,β-unsaturated/α-hetero) is 2. The van der Waals surface area contributed by atoms with E-state index in [9.17, 15) is 71.9 Å². The van der Waals surface area contributed by atoms with Crippen molar-refractivity contribution in [3.63, 3.8) is 0 Å². The van der Waals surface area contributed by atoms with Crippen LogP contribution in [0.1, 0.15) is 213 Å². The fourth-order valence-electron chi connectivity index (χ4n) is 18.4. The van der Waals surface area contributed by atoms with Crippen LogP contribution in [0.15, 0.2) is 146 Å². The van der Waals surface area contributed by atoms with Crippen LogP contribution in [0.25, 0.3) is 45.0 Å². The lowest BCUT2D eigenvalue weighted by Gasteiger charge is -2.33. The van der Waals surface area contributed by atoms with Gasteiger partial charge in [0.1, 0.15) is 35.2 Å². The maximum absolute atomic E-state index is 15.1. The number of hydrogen-bond acceptors (Lipinski definition) is 22. The van der Waals surface area contributed by atoms with Gasteiger partial charge in [-0.25, -0.2) is 26.8 Å². The Hall–Kier alpha value is -10.6. The third kappa shape index (κ3) is 23.5. The molecule has 134 heavy (non-hydrogen) atoms. The molecule has 4 amide bonds. The fourth-order valence-corrected chi connectivity index (χ4v) is 21.1.